The van der Waals surface area contributed by atoms with Crippen LogP contribution >= 0.6 is 7.82 Å². The highest BCUT2D eigenvalue weighted by Gasteiger charge is 2.25. The minimum atomic E-state index is -4.37. The summed E-state index contributed by atoms with van der Waals surface area (Å²) in [6.07, 6.45) is 37.7. The molecule has 10 heteroatoms. The number of carbonyl (C=O) groups is 2. The highest BCUT2D eigenvalue weighted by atomic mass is 31.2. The number of esters is 2. The number of carbonyl (C=O) groups excluding carboxylic acids is 2. The summed E-state index contributed by atoms with van der Waals surface area (Å²) in [5.74, 6) is -0.846. The number of hydrogen-bond donors (Lipinski definition) is 2. The van der Waals surface area contributed by atoms with E-state index in [1.807, 2.05) is 0 Å². The van der Waals surface area contributed by atoms with Crippen molar-refractivity contribution < 1.29 is 37.6 Å². The highest BCUT2D eigenvalue weighted by molar-refractivity contribution is 7.47. The Morgan fingerprint density at radius 1 is 0.580 bits per heavy atom. The molecule has 294 valence electrons. The van der Waals surface area contributed by atoms with E-state index in [1.54, 1.807) is 0 Å². The summed E-state index contributed by atoms with van der Waals surface area (Å²) in [6.45, 7) is 3.69. The lowest BCUT2D eigenvalue weighted by atomic mass is 10.1. The molecule has 0 bridgehead atoms. The first-order valence-electron chi connectivity index (χ1n) is 20.3. The molecule has 0 radical (unpaired) electrons. The van der Waals surface area contributed by atoms with Crippen LogP contribution in [0.3, 0.4) is 0 Å². The zero-order valence-corrected chi connectivity index (χ0v) is 33.0. The molecular formula is C40H76NO8P. The first-order valence-corrected chi connectivity index (χ1v) is 21.8. The van der Waals surface area contributed by atoms with Gasteiger partial charge in [-0.25, -0.2) is 4.57 Å². The molecule has 0 spiro atoms. The molecule has 0 aliphatic rings. The van der Waals surface area contributed by atoms with E-state index >= 15 is 0 Å². The summed E-state index contributed by atoms with van der Waals surface area (Å²) >= 11 is 0. The van der Waals surface area contributed by atoms with Crippen LogP contribution in [0.2, 0.25) is 0 Å². The Balaban J connectivity index is 4.21. The second-order valence-corrected chi connectivity index (χ2v) is 14.9. The Morgan fingerprint density at radius 2 is 0.980 bits per heavy atom. The van der Waals surface area contributed by atoms with Gasteiger partial charge in [0.25, 0.3) is 0 Å². The van der Waals surface area contributed by atoms with Gasteiger partial charge in [0.2, 0.25) is 0 Å². The average Bonchev–Trinajstić information content (AvgIpc) is 3.10. The van der Waals surface area contributed by atoms with Crippen LogP contribution in [0.25, 0.3) is 0 Å². The minimum Gasteiger partial charge on any atom is -0.462 e. The van der Waals surface area contributed by atoms with E-state index in [0.29, 0.717) is 6.42 Å². The Morgan fingerprint density at radius 3 is 1.44 bits per heavy atom. The van der Waals surface area contributed by atoms with Crippen molar-refractivity contribution in [2.24, 2.45) is 5.73 Å². The molecule has 0 aromatic carbocycles. The molecule has 0 aliphatic carbocycles. The molecule has 0 fully saturated rings. The second-order valence-electron chi connectivity index (χ2n) is 13.5. The number of nitrogens with two attached hydrogens (primary N) is 1. The van der Waals surface area contributed by atoms with Crippen LogP contribution in [0.15, 0.2) is 24.3 Å². The first-order chi connectivity index (χ1) is 24.3. The fourth-order valence-corrected chi connectivity index (χ4v) is 6.27. The van der Waals surface area contributed by atoms with Crippen LogP contribution in [0, 0.1) is 0 Å². The van der Waals surface area contributed by atoms with E-state index in [0.717, 1.165) is 70.6 Å². The lowest BCUT2D eigenvalue weighted by Crippen LogP contribution is -2.29. The predicted molar refractivity (Wildman–Crippen MR) is 206 cm³/mol. The molecule has 2 atom stereocenters. The van der Waals surface area contributed by atoms with Gasteiger partial charge in [0.1, 0.15) is 6.61 Å². The van der Waals surface area contributed by atoms with Gasteiger partial charge in [-0.15, -0.1) is 0 Å². The number of ether oxygens (including phenoxy) is 2. The van der Waals surface area contributed by atoms with Crippen molar-refractivity contribution in [2.75, 3.05) is 26.4 Å². The van der Waals surface area contributed by atoms with Gasteiger partial charge in [0.05, 0.1) is 13.2 Å². The quantitative estimate of drug-likeness (QED) is 0.0275. The smallest absolute Gasteiger partial charge is 0.462 e. The molecule has 0 heterocycles. The zero-order valence-electron chi connectivity index (χ0n) is 32.1. The number of hydrogen-bond acceptors (Lipinski definition) is 8. The van der Waals surface area contributed by atoms with Gasteiger partial charge < -0.3 is 20.1 Å². The Hall–Kier alpha value is -1.51. The Bertz CT molecular complexity index is 881. The maximum Gasteiger partial charge on any atom is 0.472 e. The van der Waals surface area contributed by atoms with E-state index in [2.05, 4.69) is 38.2 Å². The molecule has 9 nitrogen and oxygen atoms in total. The SMILES string of the molecule is CCCCCC/C=C\CCCCCCCC(=O)OCC(COP(=O)(O)OCCN)OC(=O)CCCCCCC/C=C\CCCCCCCCC. The number of unbranched alkanes of at least 4 members (excludes halogenated alkanes) is 21. The summed E-state index contributed by atoms with van der Waals surface area (Å²) in [6, 6.07) is 0. The Kier molecular flexibility index (Phi) is 36.1. The van der Waals surface area contributed by atoms with Crippen molar-refractivity contribution in [3.8, 4) is 0 Å². The zero-order chi connectivity index (χ0) is 36.8. The molecule has 50 heavy (non-hydrogen) atoms. The second kappa shape index (κ2) is 37.3. The number of rotatable bonds is 38. The van der Waals surface area contributed by atoms with Crippen molar-refractivity contribution in [1.82, 2.24) is 0 Å². The largest absolute Gasteiger partial charge is 0.472 e. The van der Waals surface area contributed by atoms with Crippen LogP contribution in [-0.2, 0) is 32.7 Å². The Labute approximate surface area is 306 Å². The molecule has 0 aromatic rings. The molecule has 0 saturated heterocycles. The van der Waals surface area contributed by atoms with Gasteiger partial charge >= 0.3 is 19.8 Å². The summed E-state index contributed by atoms with van der Waals surface area (Å²) in [7, 11) is -4.37. The molecule has 0 rings (SSSR count). The highest BCUT2D eigenvalue weighted by Crippen LogP contribution is 2.43. The standard InChI is InChI=1S/C40H76NO8P/c1-3-5-7-9-11-13-15-17-18-19-21-23-25-27-29-31-33-40(43)49-38(37-48-50(44,45)47-35-34-41)36-46-39(42)32-30-28-26-24-22-20-16-14-12-10-8-6-4-2/h14,16,18-19,38H,3-13,15,17,20-37,41H2,1-2H3,(H,44,45)/b16-14-,19-18-. The fraction of sp³-hybridized carbons (Fsp3) is 0.850. The average molecular weight is 730 g/mol. The van der Waals surface area contributed by atoms with E-state index < -0.39 is 32.5 Å². The molecule has 2 unspecified atom stereocenters. The monoisotopic (exact) mass is 730 g/mol. The van der Waals surface area contributed by atoms with Gasteiger partial charge in [-0.05, 0) is 64.2 Å². The van der Waals surface area contributed by atoms with Crippen molar-refractivity contribution in [3.05, 3.63) is 24.3 Å². The van der Waals surface area contributed by atoms with Crippen LogP contribution in [0.1, 0.15) is 187 Å². The van der Waals surface area contributed by atoms with Crippen LogP contribution < -0.4 is 5.73 Å². The maximum absolute atomic E-state index is 12.5. The van der Waals surface area contributed by atoms with E-state index in [-0.39, 0.29) is 32.6 Å². The fourth-order valence-electron chi connectivity index (χ4n) is 5.51. The topological polar surface area (TPSA) is 134 Å². The molecule has 0 amide bonds. The first kappa shape index (κ1) is 48.5. The minimum absolute atomic E-state index is 0.0518. The van der Waals surface area contributed by atoms with Crippen molar-refractivity contribution in [2.45, 2.75) is 193 Å². The maximum atomic E-state index is 12.5. The molecule has 3 N–H and O–H groups in total. The van der Waals surface area contributed by atoms with Gasteiger partial charge in [-0.1, -0.05) is 134 Å². The number of phosphoric acid groups is 1. The van der Waals surface area contributed by atoms with Crippen LogP contribution in [-0.4, -0.2) is 49.3 Å². The molecular weight excluding hydrogens is 653 g/mol. The third-order valence-corrected chi connectivity index (χ3v) is 9.54. The third kappa shape index (κ3) is 36.3. The molecule has 0 saturated carbocycles. The molecule has 0 aromatic heterocycles. The van der Waals surface area contributed by atoms with Gasteiger partial charge in [-0.2, -0.15) is 0 Å². The van der Waals surface area contributed by atoms with E-state index in [9.17, 15) is 19.0 Å². The molecule has 0 aliphatic heterocycles. The summed E-state index contributed by atoms with van der Waals surface area (Å²) in [5, 5.41) is 0. The van der Waals surface area contributed by atoms with E-state index in [1.165, 1.54) is 83.5 Å². The lowest BCUT2D eigenvalue weighted by molar-refractivity contribution is -0.161. The van der Waals surface area contributed by atoms with E-state index in [4.69, 9.17) is 24.3 Å². The summed E-state index contributed by atoms with van der Waals surface area (Å²) in [4.78, 5) is 34.7. The summed E-state index contributed by atoms with van der Waals surface area (Å²) in [5.41, 5.74) is 5.33. The third-order valence-electron chi connectivity index (χ3n) is 8.56. The van der Waals surface area contributed by atoms with Crippen LogP contribution in [0.5, 0.6) is 0 Å². The van der Waals surface area contributed by atoms with Crippen LogP contribution in [0.4, 0.5) is 0 Å². The number of phosphoric ester groups is 1. The van der Waals surface area contributed by atoms with Crippen molar-refractivity contribution >= 4 is 19.8 Å². The number of allylic oxidation sites excluding steroid dienone is 4. The van der Waals surface area contributed by atoms with Gasteiger partial charge in [0, 0.05) is 19.4 Å². The summed E-state index contributed by atoms with van der Waals surface area (Å²) < 4.78 is 32.7. The predicted octanol–water partition coefficient (Wildman–Crippen LogP) is 11.2. The van der Waals surface area contributed by atoms with Crippen molar-refractivity contribution in [3.63, 3.8) is 0 Å². The normalized spacial score (nSPS) is 13.6. The van der Waals surface area contributed by atoms with Gasteiger partial charge in [0.15, 0.2) is 6.10 Å². The van der Waals surface area contributed by atoms with Gasteiger partial charge in [-0.3, -0.25) is 18.6 Å². The lowest BCUT2D eigenvalue weighted by Gasteiger charge is -2.19. The van der Waals surface area contributed by atoms with Crippen molar-refractivity contribution in [1.29, 1.82) is 0 Å².